The van der Waals surface area contributed by atoms with Gasteiger partial charge in [0.25, 0.3) is 0 Å². The van der Waals surface area contributed by atoms with Crippen LogP contribution >= 0.6 is 0 Å². The van der Waals surface area contributed by atoms with Crippen molar-refractivity contribution in [3.8, 4) is 11.3 Å². The molecule has 0 aromatic carbocycles. The van der Waals surface area contributed by atoms with Crippen molar-refractivity contribution in [3.05, 3.63) is 35.9 Å². The molecule has 0 aliphatic carbocycles. The molecule has 4 heteroatoms. The van der Waals surface area contributed by atoms with Crippen LogP contribution < -0.4 is 5.73 Å². The van der Waals surface area contributed by atoms with E-state index >= 15 is 0 Å². The number of rotatable bonds is 2. The molecule has 0 saturated heterocycles. The first-order chi connectivity index (χ1) is 8.09. The van der Waals surface area contributed by atoms with E-state index in [4.69, 9.17) is 5.73 Å². The fourth-order valence-electron chi connectivity index (χ4n) is 1.90. The molecule has 0 unspecified atom stereocenters. The minimum atomic E-state index is 0.291. The van der Waals surface area contributed by atoms with Crippen LogP contribution in [0.4, 0.5) is 5.82 Å². The molecule has 0 saturated carbocycles. The highest BCUT2D eigenvalue weighted by atomic mass is 14.9. The lowest BCUT2D eigenvalue weighted by Crippen LogP contribution is -2.04. The number of nitrogens with zero attached hydrogens (tertiary/aromatic N) is 3. The maximum Gasteiger partial charge on any atom is 0.130 e. The van der Waals surface area contributed by atoms with E-state index in [1.807, 2.05) is 19.1 Å². The lowest BCUT2D eigenvalue weighted by molar-refractivity contribution is 0.854. The van der Waals surface area contributed by atoms with Crippen LogP contribution in [0.2, 0.25) is 0 Å². The fourth-order valence-corrected chi connectivity index (χ4v) is 1.90. The SMILES string of the molecule is Cc1cc(-c2ncnc(N)c2C(C)C)ccn1. The monoisotopic (exact) mass is 228 g/mol. The maximum atomic E-state index is 5.93. The molecule has 2 N–H and O–H groups in total. The molecule has 88 valence electrons. The van der Waals surface area contributed by atoms with Gasteiger partial charge in [-0.15, -0.1) is 0 Å². The summed E-state index contributed by atoms with van der Waals surface area (Å²) in [6.07, 6.45) is 3.29. The number of hydrogen-bond donors (Lipinski definition) is 1. The van der Waals surface area contributed by atoms with Gasteiger partial charge in [-0.05, 0) is 25.0 Å². The lowest BCUT2D eigenvalue weighted by atomic mass is 9.98. The molecule has 2 rings (SSSR count). The van der Waals surface area contributed by atoms with Crippen LogP contribution in [0.3, 0.4) is 0 Å². The zero-order valence-electron chi connectivity index (χ0n) is 10.3. The third-order valence-corrected chi connectivity index (χ3v) is 2.66. The number of hydrogen-bond acceptors (Lipinski definition) is 4. The van der Waals surface area contributed by atoms with Crippen molar-refractivity contribution in [2.75, 3.05) is 5.73 Å². The minimum Gasteiger partial charge on any atom is -0.383 e. The Bertz CT molecular complexity index is 535. The van der Waals surface area contributed by atoms with Crippen LogP contribution in [-0.4, -0.2) is 15.0 Å². The van der Waals surface area contributed by atoms with Gasteiger partial charge in [-0.1, -0.05) is 13.8 Å². The molecule has 2 heterocycles. The summed E-state index contributed by atoms with van der Waals surface area (Å²) in [6.45, 7) is 6.14. The van der Waals surface area contributed by atoms with Crippen molar-refractivity contribution < 1.29 is 0 Å². The second-order valence-electron chi connectivity index (χ2n) is 4.36. The largest absolute Gasteiger partial charge is 0.383 e. The Labute approximate surface area is 101 Å². The zero-order valence-corrected chi connectivity index (χ0v) is 10.3. The average molecular weight is 228 g/mol. The number of aryl methyl sites for hydroxylation is 1. The number of aromatic nitrogens is 3. The Morgan fingerprint density at radius 2 is 1.94 bits per heavy atom. The molecule has 0 amide bonds. The molecule has 4 nitrogen and oxygen atoms in total. The van der Waals surface area contributed by atoms with Crippen molar-refractivity contribution in [2.45, 2.75) is 26.7 Å². The Hall–Kier alpha value is -1.97. The number of nitrogens with two attached hydrogens (primary N) is 1. The summed E-state index contributed by atoms with van der Waals surface area (Å²) in [5.74, 6) is 0.846. The van der Waals surface area contributed by atoms with Crippen LogP contribution in [0.5, 0.6) is 0 Å². The molecule has 0 bridgehead atoms. The third-order valence-electron chi connectivity index (χ3n) is 2.66. The molecule has 0 spiro atoms. The Morgan fingerprint density at radius 3 is 2.59 bits per heavy atom. The van der Waals surface area contributed by atoms with E-state index < -0.39 is 0 Å². The average Bonchev–Trinajstić information content (AvgIpc) is 2.28. The predicted molar refractivity (Wildman–Crippen MR) is 68.5 cm³/mol. The molecule has 0 aliphatic rings. The van der Waals surface area contributed by atoms with Crippen molar-refractivity contribution in [1.29, 1.82) is 0 Å². The smallest absolute Gasteiger partial charge is 0.130 e. The van der Waals surface area contributed by atoms with Gasteiger partial charge >= 0.3 is 0 Å². The predicted octanol–water partition coefficient (Wildman–Crippen LogP) is 2.55. The summed E-state index contributed by atoms with van der Waals surface area (Å²) >= 11 is 0. The second-order valence-corrected chi connectivity index (χ2v) is 4.36. The Morgan fingerprint density at radius 1 is 1.18 bits per heavy atom. The van der Waals surface area contributed by atoms with E-state index in [0.29, 0.717) is 11.7 Å². The van der Waals surface area contributed by atoms with Crippen molar-refractivity contribution in [3.63, 3.8) is 0 Å². The van der Waals surface area contributed by atoms with Gasteiger partial charge in [0, 0.05) is 23.0 Å². The summed E-state index contributed by atoms with van der Waals surface area (Å²) in [5, 5.41) is 0. The summed E-state index contributed by atoms with van der Waals surface area (Å²) in [6, 6.07) is 3.95. The summed E-state index contributed by atoms with van der Waals surface area (Å²) < 4.78 is 0. The standard InChI is InChI=1S/C13H16N4/c1-8(2)11-12(16-7-17-13(11)14)10-4-5-15-9(3)6-10/h4-8H,1-3H3,(H2,14,16,17). The third kappa shape index (κ3) is 2.25. The molecule has 0 fully saturated rings. The second kappa shape index (κ2) is 4.49. The number of pyridine rings is 1. The van der Waals surface area contributed by atoms with Gasteiger partial charge in [-0.3, -0.25) is 4.98 Å². The highest BCUT2D eigenvalue weighted by molar-refractivity contribution is 5.68. The van der Waals surface area contributed by atoms with Gasteiger partial charge in [-0.2, -0.15) is 0 Å². The van der Waals surface area contributed by atoms with E-state index in [0.717, 1.165) is 22.5 Å². The Kier molecular flexibility index (Phi) is 3.04. The van der Waals surface area contributed by atoms with Gasteiger partial charge < -0.3 is 5.73 Å². The topological polar surface area (TPSA) is 64.7 Å². The highest BCUT2D eigenvalue weighted by Crippen LogP contribution is 2.30. The quantitative estimate of drug-likeness (QED) is 0.857. The van der Waals surface area contributed by atoms with Gasteiger partial charge in [0.2, 0.25) is 0 Å². The first kappa shape index (κ1) is 11.5. The molecule has 2 aromatic heterocycles. The normalized spacial score (nSPS) is 10.8. The molecule has 2 aromatic rings. The van der Waals surface area contributed by atoms with E-state index in [9.17, 15) is 0 Å². The number of nitrogen functional groups attached to an aromatic ring is 1. The molecular formula is C13H16N4. The van der Waals surface area contributed by atoms with Gasteiger partial charge in [0.15, 0.2) is 0 Å². The zero-order chi connectivity index (χ0) is 12.4. The van der Waals surface area contributed by atoms with E-state index in [1.54, 1.807) is 6.20 Å². The van der Waals surface area contributed by atoms with Crippen LogP contribution in [0.15, 0.2) is 24.7 Å². The molecule has 0 aliphatic heterocycles. The van der Waals surface area contributed by atoms with Gasteiger partial charge in [0.1, 0.15) is 12.1 Å². The van der Waals surface area contributed by atoms with Gasteiger partial charge in [-0.25, -0.2) is 9.97 Å². The van der Waals surface area contributed by atoms with Crippen molar-refractivity contribution >= 4 is 5.82 Å². The molecule has 0 atom stereocenters. The van der Waals surface area contributed by atoms with E-state index in [-0.39, 0.29) is 0 Å². The minimum absolute atomic E-state index is 0.291. The van der Waals surface area contributed by atoms with Crippen molar-refractivity contribution in [1.82, 2.24) is 15.0 Å². The maximum absolute atomic E-state index is 5.93. The summed E-state index contributed by atoms with van der Waals surface area (Å²) in [5.41, 5.74) is 9.83. The van der Waals surface area contributed by atoms with E-state index in [1.165, 1.54) is 6.33 Å². The van der Waals surface area contributed by atoms with Crippen LogP contribution in [0.1, 0.15) is 31.0 Å². The molecule has 17 heavy (non-hydrogen) atoms. The highest BCUT2D eigenvalue weighted by Gasteiger charge is 2.14. The van der Waals surface area contributed by atoms with Crippen LogP contribution in [0, 0.1) is 6.92 Å². The summed E-state index contributed by atoms with van der Waals surface area (Å²) in [4.78, 5) is 12.6. The van der Waals surface area contributed by atoms with Gasteiger partial charge in [0.05, 0.1) is 5.69 Å². The van der Waals surface area contributed by atoms with Crippen LogP contribution in [0.25, 0.3) is 11.3 Å². The first-order valence-corrected chi connectivity index (χ1v) is 5.63. The van der Waals surface area contributed by atoms with Crippen LogP contribution in [-0.2, 0) is 0 Å². The van der Waals surface area contributed by atoms with Crippen molar-refractivity contribution in [2.24, 2.45) is 0 Å². The summed E-state index contributed by atoms with van der Waals surface area (Å²) in [7, 11) is 0. The Balaban J connectivity index is 2.63. The molecule has 0 radical (unpaired) electrons. The molecular weight excluding hydrogens is 212 g/mol. The first-order valence-electron chi connectivity index (χ1n) is 5.63. The fraction of sp³-hybridized carbons (Fsp3) is 0.308. The number of anilines is 1. The van der Waals surface area contributed by atoms with E-state index in [2.05, 4.69) is 28.8 Å². The lowest BCUT2D eigenvalue weighted by Gasteiger charge is -2.13.